The van der Waals surface area contributed by atoms with Gasteiger partial charge in [-0.1, -0.05) is 6.92 Å². The molecule has 9 heteroatoms. The number of hydrogen-bond acceptors (Lipinski definition) is 4. The Hall–Kier alpha value is -2.58. The van der Waals surface area contributed by atoms with Crippen LogP contribution in [-0.4, -0.2) is 48.4 Å². The van der Waals surface area contributed by atoms with Crippen LogP contribution in [0.3, 0.4) is 0 Å². The van der Waals surface area contributed by atoms with Crippen LogP contribution in [0.4, 0.5) is 13.2 Å². The van der Waals surface area contributed by atoms with E-state index in [1.165, 1.54) is 11.8 Å². The first-order chi connectivity index (χ1) is 13.6. The molecule has 0 bridgehead atoms. The Balaban J connectivity index is 1.85. The number of alkyl halides is 3. The molecule has 0 spiro atoms. The minimum Gasteiger partial charge on any atom is -0.452 e. The Labute approximate surface area is 167 Å². The molecule has 0 unspecified atom stereocenters. The maximum atomic E-state index is 12.6. The molecule has 1 atom stereocenters. The molecule has 2 rings (SSSR count). The number of carbonyl (C=O) groups is 3. The highest BCUT2D eigenvalue weighted by Gasteiger charge is 2.32. The second-order valence-electron chi connectivity index (χ2n) is 7.01. The molecule has 1 aromatic rings. The molecule has 1 aliphatic rings. The van der Waals surface area contributed by atoms with Gasteiger partial charge in [0.25, 0.3) is 11.8 Å². The standard InChI is InChI=1S/C20H25F3N2O4/c1-3-10-24-17(26)13(2)29-19(28)15-8-11-25(12-9-15)18(27)14-4-6-16(7-5-14)20(21,22)23/h4-7,13,15H,3,8-12H2,1-2H3,(H,24,26)/t13-/m0/s1. The summed E-state index contributed by atoms with van der Waals surface area (Å²) in [6.45, 7) is 4.50. The summed E-state index contributed by atoms with van der Waals surface area (Å²) in [6, 6.07) is 4.06. The number of esters is 1. The average molecular weight is 414 g/mol. The van der Waals surface area contributed by atoms with Gasteiger partial charge in [-0.25, -0.2) is 0 Å². The summed E-state index contributed by atoms with van der Waals surface area (Å²) in [5.74, 6) is -1.63. The molecular weight excluding hydrogens is 389 g/mol. The van der Waals surface area contributed by atoms with Crippen LogP contribution < -0.4 is 5.32 Å². The van der Waals surface area contributed by atoms with E-state index in [1.54, 1.807) is 0 Å². The van der Waals surface area contributed by atoms with Crippen LogP contribution in [0.1, 0.15) is 49.0 Å². The number of benzene rings is 1. The lowest BCUT2D eigenvalue weighted by Crippen LogP contribution is -2.42. The minimum atomic E-state index is -4.45. The number of hydrogen-bond donors (Lipinski definition) is 1. The third-order valence-corrected chi connectivity index (χ3v) is 4.79. The summed E-state index contributed by atoms with van der Waals surface area (Å²) < 4.78 is 43.1. The Bertz CT molecular complexity index is 726. The van der Waals surface area contributed by atoms with Gasteiger partial charge in [-0.3, -0.25) is 14.4 Å². The molecule has 0 saturated carbocycles. The lowest BCUT2D eigenvalue weighted by molar-refractivity contribution is -0.160. The van der Waals surface area contributed by atoms with Crippen molar-refractivity contribution in [3.8, 4) is 0 Å². The van der Waals surface area contributed by atoms with Gasteiger partial charge in [0.1, 0.15) is 0 Å². The van der Waals surface area contributed by atoms with Crippen LogP contribution in [0.15, 0.2) is 24.3 Å². The highest BCUT2D eigenvalue weighted by molar-refractivity contribution is 5.94. The highest BCUT2D eigenvalue weighted by atomic mass is 19.4. The lowest BCUT2D eigenvalue weighted by Gasteiger charge is -2.31. The fraction of sp³-hybridized carbons (Fsp3) is 0.550. The van der Waals surface area contributed by atoms with Gasteiger partial charge in [-0.15, -0.1) is 0 Å². The molecule has 1 fully saturated rings. The van der Waals surface area contributed by atoms with Gasteiger partial charge >= 0.3 is 12.1 Å². The molecule has 1 saturated heterocycles. The van der Waals surface area contributed by atoms with Crippen LogP contribution in [-0.2, 0) is 20.5 Å². The van der Waals surface area contributed by atoms with Gasteiger partial charge in [0.05, 0.1) is 11.5 Å². The fourth-order valence-electron chi connectivity index (χ4n) is 3.02. The quantitative estimate of drug-likeness (QED) is 0.726. The Morgan fingerprint density at radius 2 is 1.76 bits per heavy atom. The van der Waals surface area contributed by atoms with Gasteiger partial charge in [0.2, 0.25) is 0 Å². The van der Waals surface area contributed by atoms with E-state index in [0.717, 1.165) is 30.7 Å². The van der Waals surface area contributed by atoms with Crippen molar-refractivity contribution in [2.75, 3.05) is 19.6 Å². The van der Waals surface area contributed by atoms with E-state index in [-0.39, 0.29) is 30.5 Å². The summed E-state index contributed by atoms with van der Waals surface area (Å²) in [7, 11) is 0. The topological polar surface area (TPSA) is 75.7 Å². The molecule has 1 heterocycles. The van der Waals surface area contributed by atoms with E-state index in [1.807, 2.05) is 6.92 Å². The number of rotatable bonds is 6. The Morgan fingerprint density at radius 1 is 1.17 bits per heavy atom. The maximum Gasteiger partial charge on any atom is 0.416 e. The number of carbonyl (C=O) groups excluding carboxylic acids is 3. The number of nitrogens with zero attached hydrogens (tertiary/aromatic N) is 1. The molecule has 160 valence electrons. The van der Waals surface area contributed by atoms with E-state index in [4.69, 9.17) is 4.74 Å². The van der Waals surface area contributed by atoms with E-state index in [2.05, 4.69) is 5.32 Å². The SMILES string of the molecule is CCCNC(=O)[C@H](C)OC(=O)C1CCN(C(=O)c2ccc(C(F)(F)F)cc2)CC1. The second kappa shape index (κ2) is 9.76. The Kier molecular flexibility index (Phi) is 7.64. The summed E-state index contributed by atoms with van der Waals surface area (Å²) in [5.41, 5.74) is -0.646. The molecule has 1 N–H and O–H groups in total. The first kappa shape index (κ1) is 22.7. The summed E-state index contributed by atoms with van der Waals surface area (Å²) in [5, 5.41) is 2.65. The van der Waals surface area contributed by atoms with Crippen LogP contribution in [0, 0.1) is 5.92 Å². The van der Waals surface area contributed by atoms with Gasteiger partial charge < -0.3 is 15.0 Å². The monoisotopic (exact) mass is 414 g/mol. The zero-order chi connectivity index (χ0) is 21.6. The van der Waals surface area contributed by atoms with E-state index in [0.29, 0.717) is 19.4 Å². The van der Waals surface area contributed by atoms with E-state index in [9.17, 15) is 27.6 Å². The third kappa shape index (κ3) is 6.20. The average Bonchev–Trinajstić information content (AvgIpc) is 2.70. The zero-order valence-electron chi connectivity index (χ0n) is 16.4. The smallest absolute Gasteiger partial charge is 0.416 e. The summed E-state index contributed by atoms with van der Waals surface area (Å²) in [6.07, 6.45) is -3.83. The molecule has 0 aromatic heterocycles. The maximum absolute atomic E-state index is 12.6. The first-order valence-corrected chi connectivity index (χ1v) is 9.58. The number of likely N-dealkylation sites (tertiary alicyclic amines) is 1. The highest BCUT2D eigenvalue weighted by Crippen LogP contribution is 2.29. The van der Waals surface area contributed by atoms with Crippen molar-refractivity contribution in [2.24, 2.45) is 5.92 Å². The molecule has 2 amide bonds. The van der Waals surface area contributed by atoms with Crippen molar-refractivity contribution in [3.05, 3.63) is 35.4 Å². The van der Waals surface area contributed by atoms with Crippen molar-refractivity contribution in [1.82, 2.24) is 10.2 Å². The number of amides is 2. The first-order valence-electron chi connectivity index (χ1n) is 9.58. The number of halogens is 3. The predicted molar refractivity (Wildman–Crippen MR) is 98.9 cm³/mol. The molecule has 0 radical (unpaired) electrons. The third-order valence-electron chi connectivity index (χ3n) is 4.79. The van der Waals surface area contributed by atoms with Crippen molar-refractivity contribution >= 4 is 17.8 Å². The summed E-state index contributed by atoms with van der Waals surface area (Å²) in [4.78, 5) is 38.0. The van der Waals surface area contributed by atoms with Gasteiger partial charge in [0, 0.05) is 25.2 Å². The molecule has 1 aliphatic heterocycles. The van der Waals surface area contributed by atoms with E-state index < -0.39 is 29.7 Å². The largest absolute Gasteiger partial charge is 0.452 e. The fourth-order valence-corrected chi connectivity index (χ4v) is 3.02. The van der Waals surface area contributed by atoms with E-state index >= 15 is 0 Å². The van der Waals surface area contributed by atoms with Crippen LogP contribution in [0.2, 0.25) is 0 Å². The molecule has 29 heavy (non-hydrogen) atoms. The number of piperidine rings is 1. The predicted octanol–water partition coefficient (Wildman–Crippen LogP) is 3.02. The second-order valence-corrected chi connectivity index (χ2v) is 7.01. The molecule has 0 aliphatic carbocycles. The van der Waals surface area contributed by atoms with Gasteiger partial charge in [-0.05, 0) is 50.5 Å². The Morgan fingerprint density at radius 3 is 2.28 bits per heavy atom. The van der Waals surface area contributed by atoms with Gasteiger partial charge in [-0.2, -0.15) is 13.2 Å². The normalized spacial score (nSPS) is 16.2. The van der Waals surface area contributed by atoms with Crippen LogP contribution in [0.25, 0.3) is 0 Å². The van der Waals surface area contributed by atoms with Gasteiger partial charge in [0.15, 0.2) is 6.10 Å². The summed E-state index contributed by atoms with van der Waals surface area (Å²) >= 11 is 0. The molecule has 6 nitrogen and oxygen atoms in total. The minimum absolute atomic E-state index is 0.167. The van der Waals surface area contributed by atoms with Crippen LogP contribution in [0.5, 0.6) is 0 Å². The number of ether oxygens (including phenoxy) is 1. The lowest BCUT2D eigenvalue weighted by atomic mass is 9.96. The van der Waals surface area contributed by atoms with Crippen molar-refractivity contribution in [3.63, 3.8) is 0 Å². The van der Waals surface area contributed by atoms with Crippen LogP contribution >= 0.6 is 0 Å². The van der Waals surface area contributed by atoms with Crippen molar-refractivity contribution in [1.29, 1.82) is 0 Å². The molecule has 1 aromatic carbocycles. The number of nitrogens with one attached hydrogen (secondary N) is 1. The molecular formula is C20H25F3N2O4. The zero-order valence-corrected chi connectivity index (χ0v) is 16.4. The van der Waals surface area contributed by atoms with Crippen molar-refractivity contribution < 1.29 is 32.3 Å². The van der Waals surface area contributed by atoms with Crippen molar-refractivity contribution in [2.45, 2.75) is 45.4 Å².